The van der Waals surface area contributed by atoms with Crippen molar-refractivity contribution in [2.45, 2.75) is 6.54 Å². The highest BCUT2D eigenvalue weighted by Crippen LogP contribution is 2.31. The molecule has 124 valence electrons. The van der Waals surface area contributed by atoms with Gasteiger partial charge in [0.25, 0.3) is 0 Å². The molecule has 1 heterocycles. The molecule has 3 aromatic rings. The maximum absolute atomic E-state index is 5.29. The summed E-state index contributed by atoms with van der Waals surface area (Å²) in [6.45, 7) is 0.446. The molecule has 0 aliphatic rings. The third-order valence-corrected chi connectivity index (χ3v) is 3.93. The molecule has 0 amide bonds. The summed E-state index contributed by atoms with van der Waals surface area (Å²) < 4.78 is 16.8. The van der Waals surface area contributed by atoms with Gasteiger partial charge in [0.15, 0.2) is 11.5 Å². The van der Waals surface area contributed by atoms with E-state index in [1.54, 1.807) is 14.2 Å². The van der Waals surface area contributed by atoms with Crippen LogP contribution in [0, 0.1) is 0 Å². The Hall–Kier alpha value is -2.54. The van der Waals surface area contributed by atoms with Crippen LogP contribution in [0.4, 0.5) is 5.69 Å². The van der Waals surface area contributed by atoms with E-state index >= 15 is 0 Å². The van der Waals surface area contributed by atoms with E-state index in [1.807, 2.05) is 42.5 Å². The van der Waals surface area contributed by atoms with Crippen LogP contribution in [0.25, 0.3) is 11.4 Å². The van der Waals surface area contributed by atoms with Gasteiger partial charge in [0.05, 0.1) is 20.8 Å². The molecule has 0 saturated heterocycles. The largest absolute Gasteiger partial charge is 0.493 e. The number of nitrogens with zero attached hydrogens (tertiary/aromatic N) is 2. The van der Waals surface area contributed by atoms with E-state index in [0.29, 0.717) is 29.8 Å². The van der Waals surface area contributed by atoms with Crippen molar-refractivity contribution in [3.63, 3.8) is 0 Å². The van der Waals surface area contributed by atoms with Gasteiger partial charge < -0.3 is 19.3 Å². The molecule has 0 aliphatic carbocycles. The van der Waals surface area contributed by atoms with Gasteiger partial charge in [0.1, 0.15) is 0 Å². The topological polar surface area (TPSA) is 69.4 Å². The van der Waals surface area contributed by atoms with Crippen LogP contribution < -0.4 is 14.8 Å². The molecule has 6 nitrogen and oxygen atoms in total. The molecule has 1 N–H and O–H groups in total. The lowest BCUT2D eigenvalue weighted by molar-refractivity contribution is 0.355. The first-order valence-corrected chi connectivity index (χ1v) is 8.03. The molecule has 2 aromatic carbocycles. The Morgan fingerprint density at radius 1 is 1.04 bits per heavy atom. The number of nitrogens with one attached hydrogen (secondary N) is 1. The van der Waals surface area contributed by atoms with Crippen molar-refractivity contribution in [2.24, 2.45) is 0 Å². The van der Waals surface area contributed by atoms with Gasteiger partial charge in [0, 0.05) is 15.7 Å². The predicted octanol–water partition coefficient (Wildman–Crippen LogP) is 4.13. The fourth-order valence-corrected chi connectivity index (χ4v) is 2.43. The second-order valence-electron chi connectivity index (χ2n) is 4.94. The third-order valence-electron chi connectivity index (χ3n) is 3.40. The Kier molecular flexibility index (Phi) is 5.00. The lowest BCUT2D eigenvalue weighted by atomic mass is 10.2. The molecule has 0 aliphatic heterocycles. The van der Waals surface area contributed by atoms with E-state index in [9.17, 15) is 0 Å². The summed E-state index contributed by atoms with van der Waals surface area (Å²) in [6.07, 6.45) is 0. The van der Waals surface area contributed by atoms with Crippen molar-refractivity contribution in [1.29, 1.82) is 0 Å². The fraction of sp³-hybridized carbons (Fsp3) is 0.176. The van der Waals surface area contributed by atoms with Gasteiger partial charge in [-0.05, 0) is 42.5 Å². The smallest absolute Gasteiger partial charge is 0.246 e. The van der Waals surface area contributed by atoms with Crippen molar-refractivity contribution in [2.75, 3.05) is 19.5 Å². The highest BCUT2D eigenvalue weighted by atomic mass is 79.9. The van der Waals surface area contributed by atoms with Gasteiger partial charge in [-0.1, -0.05) is 21.1 Å². The number of halogens is 1. The Labute approximate surface area is 147 Å². The number of aromatic nitrogens is 2. The predicted molar refractivity (Wildman–Crippen MR) is 94.3 cm³/mol. The minimum Gasteiger partial charge on any atom is -0.493 e. The first-order chi connectivity index (χ1) is 11.7. The zero-order valence-electron chi connectivity index (χ0n) is 13.2. The van der Waals surface area contributed by atoms with Crippen molar-refractivity contribution >= 4 is 21.6 Å². The zero-order valence-corrected chi connectivity index (χ0v) is 14.8. The molecule has 7 heteroatoms. The lowest BCUT2D eigenvalue weighted by Crippen LogP contribution is -1.99. The summed E-state index contributed by atoms with van der Waals surface area (Å²) in [5.41, 5.74) is 1.77. The molecule has 0 unspecified atom stereocenters. The first kappa shape index (κ1) is 16.3. The molecular weight excluding hydrogens is 374 g/mol. The van der Waals surface area contributed by atoms with E-state index in [4.69, 9.17) is 14.0 Å². The third kappa shape index (κ3) is 3.68. The molecule has 0 spiro atoms. The van der Waals surface area contributed by atoms with Crippen LogP contribution in [0.1, 0.15) is 5.89 Å². The summed E-state index contributed by atoms with van der Waals surface area (Å²) in [5.74, 6) is 2.28. The molecule has 0 atom stereocenters. The van der Waals surface area contributed by atoms with Crippen LogP contribution in [0.3, 0.4) is 0 Å². The monoisotopic (exact) mass is 389 g/mol. The van der Waals surface area contributed by atoms with Gasteiger partial charge >= 0.3 is 0 Å². The van der Waals surface area contributed by atoms with E-state index in [0.717, 1.165) is 15.7 Å². The lowest BCUT2D eigenvalue weighted by Gasteiger charge is -2.07. The Balaban J connectivity index is 1.72. The van der Waals surface area contributed by atoms with Crippen LogP contribution in [-0.2, 0) is 6.54 Å². The minimum absolute atomic E-state index is 0.446. The van der Waals surface area contributed by atoms with Gasteiger partial charge in [-0.25, -0.2) is 0 Å². The number of benzene rings is 2. The number of ether oxygens (including phenoxy) is 2. The number of methoxy groups -OCH3 is 2. The highest BCUT2D eigenvalue weighted by Gasteiger charge is 2.12. The molecule has 0 saturated carbocycles. The van der Waals surface area contributed by atoms with Crippen molar-refractivity contribution in [3.8, 4) is 22.9 Å². The molecule has 0 radical (unpaired) electrons. The molecule has 1 aromatic heterocycles. The summed E-state index contributed by atoms with van der Waals surface area (Å²) in [4.78, 5) is 4.40. The summed E-state index contributed by atoms with van der Waals surface area (Å²) >= 11 is 3.40. The average molecular weight is 390 g/mol. The Bertz CT molecular complexity index is 818. The second kappa shape index (κ2) is 7.35. The zero-order chi connectivity index (χ0) is 16.9. The number of hydrogen-bond donors (Lipinski definition) is 1. The van der Waals surface area contributed by atoms with Crippen LogP contribution in [-0.4, -0.2) is 24.4 Å². The average Bonchev–Trinajstić information content (AvgIpc) is 3.09. The number of rotatable bonds is 6. The van der Waals surface area contributed by atoms with Crippen molar-refractivity contribution in [1.82, 2.24) is 10.1 Å². The molecule has 24 heavy (non-hydrogen) atoms. The van der Waals surface area contributed by atoms with Gasteiger partial charge in [-0.3, -0.25) is 0 Å². The van der Waals surface area contributed by atoms with Crippen LogP contribution in [0.5, 0.6) is 11.5 Å². The summed E-state index contributed by atoms with van der Waals surface area (Å²) in [5, 5.41) is 7.25. The van der Waals surface area contributed by atoms with Crippen molar-refractivity contribution < 1.29 is 14.0 Å². The van der Waals surface area contributed by atoms with Crippen molar-refractivity contribution in [3.05, 3.63) is 52.8 Å². The van der Waals surface area contributed by atoms with E-state index in [2.05, 4.69) is 31.4 Å². The van der Waals surface area contributed by atoms with E-state index in [1.165, 1.54) is 0 Å². The Morgan fingerprint density at radius 3 is 2.50 bits per heavy atom. The standard InChI is InChI=1S/C17H16BrN3O3/c1-22-14-8-3-11(9-15(14)23-2)17-20-16(24-21-17)10-19-13-6-4-12(18)5-7-13/h3-9,19H,10H2,1-2H3. The maximum atomic E-state index is 5.29. The maximum Gasteiger partial charge on any atom is 0.246 e. The normalized spacial score (nSPS) is 10.5. The van der Waals surface area contributed by atoms with Crippen LogP contribution in [0.2, 0.25) is 0 Å². The quantitative estimate of drug-likeness (QED) is 0.683. The molecule has 0 bridgehead atoms. The van der Waals surface area contributed by atoms with Gasteiger partial charge in [-0.15, -0.1) is 0 Å². The number of anilines is 1. The van der Waals surface area contributed by atoms with Gasteiger partial charge in [0.2, 0.25) is 11.7 Å². The minimum atomic E-state index is 0.446. The summed E-state index contributed by atoms with van der Waals surface area (Å²) in [6, 6.07) is 13.3. The molecule has 0 fully saturated rings. The second-order valence-corrected chi connectivity index (χ2v) is 5.86. The highest BCUT2D eigenvalue weighted by molar-refractivity contribution is 9.10. The first-order valence-electron chi connectivity index (χ1n) is 7.24. The molecular formula is C17H16BrN3O3. The Morgan fingerprint density at radius 2 is 1.79 bits per heavy atom. The van der Waals surface area contributed by atoms with E-state index < -0.39 is 0 Å². The van der Waals surface area contributed by atoms with E-state index in [-0.39, 0.29) is 0 Å². The fourth-order valence-electron chi connectivity index (χ4n) is 2.16. The summed E-state index contributed by atoms with van der Waals surface area (Å²) in [7, 11) is 3.18. The SMILES string of the molecule is COc1ccc(-c2noc(CNc3ccc(Br)cc3)n2)cc1OC. The van der Waals surface area contributed by atoms with Crippen LogP contribution >= 0.6 is 15.9 Å². The molecule has 3 rings (SSSR count). The van der Waals surface area contributed by atoms with Crippen LogP contribution in [0.15, 0.2) is 51.5 Å². The number of hydrogen-bond acceptors (Lipinski definition) is 6. The van der Waals surface area contributed by atoms with Gasteiger partial charge in [-0.2, -0.15) is 4.98 Å².